The maximum Gasteiger partial charge on any atom is 0.375 e. The number of Topliss-reactive ketones (excluding diaryl/α,β-unsaturated/α-hetero) is 2. The fourth-order valence-corrected chi connectivity index (χ4v) is 3.51. The van der Waals surface area contributed by atoms with Crippen molar-refractivity contribution in [3.63, 3.8) is 0 Å². The molecule has 0 amide bonds. The van der Waals surface area contributed by atoms with Crippen molar-refractivity contribution in [2.45, 2.75) is 31.6 Å². The molecule has 0 heterocycles. The zero-order chi connectivity index (χ0) is 15.2. The van der Waals surface area contributed by atoms with Crippen LogP contribution in [-0.2, 0) is 19.7 Å². The highest BCUT2D eigenvalue weighted by Crippen LogP contribution is 2.57. The molecule has 2 aliphatic carbocycles. The van der Waals surface area contributed by atoms with Gasteiger partial charge in [-0.2, -0.15) is 0 Å². The van der Waals surface area contributed by atoms with E-state index in [1.54, 1.807) is 13.0 Å². The summed E-state index contributed by atoms with van der Waals surface area (Å²) >= 11 is 3.36. The van der Waals surface area contributed by atoms with Gasteiger partial charge in [0.05, 0.1) is 12.5 Å². The molecule has 1 aromatic carbocycles. The number of hydrogen-bond donors (Lipinski definition) is 0. The number of carbonyl (C=O) groups is 3. The molecular weight excluding hydrogens is 336 g/mol. The van der Waals surface area contributed by atoms with Crippen LogP contribution in [0.3, 0.4) is 0 Å². The van der Waals surface area contributed by atoms with E-state index in [0.717, 1.165) is 22.9 Å². The Bertz CT molecular complexity index is 646. The summed E-state index contributed by atoms with van der Waals surface area (Å²) < 4.78 is 5.56. The van der Waals surface area contributed by atoms with Gasteiger partial charge in [0.1, 0.15) is 0 Å². The van der Waals surface area contributed by atoms with Gasteiger partial charge in [-0.3, -0.25) is 9.59 Å². The Kier molecular flexibility index (Phi) is 3.48. The van der Waals surface area contributed by atoms with Crippen molar-refractivity contribution >= 4 is 33.5 Å². The fraction of sp³-hybridized carbons (Fsp3) is 0.438. The third kappa shape index (κ3) is 2.33. The Labute approximate surface area is 131 Å². The van der Waals surface area contributed by atoms with Crippen LogP contribution in [0.5, 0.6) is 0 Å². The van der Waals surface area contributed by atoms with Crippen LogP contribution < -0.4 is 0 Å². The maximum atomic E-state index is 12.6. The first kappa shape index (κ1) is 14.4. The van der Waals surface area contributed by atoms with Gasteiger partial charge >= 0.3 is 5.97 Å². The average Bonchev–Trinajstić information content (AvgIpc) is 3.23. The Hall–Kier alpha value is -1.49. The molecule has 21 heavy (non-hydrogen) atoms. The minimum absolute atomic E-state index is 0.100. The Morgan fingerprint density at radius 3 is 2.71 bits per heavy atom. The lowest BCUT2D eigenvalue weighted by Gasteiger charge is -2.29. The molecule has 5 heteroatoms. The zero-order valence-electron chi connectivity index (χ0n) is 11.6. The molecule has 0 aromatic heterocycles. The SMILES string of the molecule is CCOC(=O)C(=O)C1CC2(CC2)c2ccc(Br)cc2C1=O. The van der Waals surface area contributed by atoms with E-state index in [0.29, 0.717) is 12.0 Å². The van der Waals surface area contributed by atoms with E-state index in [-0.39, 0.29) is 17.8 Å². The second-order valence-electron chi connectivity index (χ2n) is 5.68. The number of carbonyl (C=O) groups excluding carboxylic acids is 3. The van der Waals surface area contributed by atoms with Gasteiger partial charge in [-0.1, -0.05) is 22.0 Å². The van der Waals surface area contributed by atoms with Crippen LogP contribution in [0.2, 0.25) is 0 Å². The van der Waals surface area contributed by atoms with Gasteiger partial charge in [-0.05, 0) is 49.3 Å². The van der Waals surface area contributed by atoms with Crippen molar-refractivity contribution < 1.29 is 19.1 Å². The standard InChI is InChI=1S/C16H15BrO4/c1-2-21-15(20)14(19)11-8-16(5-6-16)12-4-3-9(17)7-10(12)13(11)18/h3-4,7,11H,2,5-6,8H2,1H3. The molecule has 1 spiro atoms. The number of benzene rings is 1. The topological polar surface area (TPSA) is 60.4 Å². The third-order valence-electron chi connectivity index (χ3n) is 4.38. The van der Waals surface area contributed by atoms with E-state index in [9.17, 15) is 14.4 Å². The van der Waals surface area contributed by atoms with Crippen molar-refractivity contribution in [2.24, 2.45) is 5.92 Å². The van der Waals surface area contributed by atoms with Crippen molar-refractivity contribution in [2.75, 3.05) is 6.61 Å². The summed E-state index contributed by atoms with van der Waals surface area (Å²) in [5, 5.41) is 0. The lowest BCUT2D eigenvalue weighted by molar-refractivity contribution is -0.154. The molecule has 0 saturated heterocycles. The fourth-order valence-electron chi connectivity index (χ4n) is 3.14. The van der Waals surface area contributed by atoms with Crippen molar-refractivity contribution in [3.8, 4) is 0 Å². The molecule has 0 N–H and O–H groups in total. The van der Waals surface area contributed by atoms with Crippen LogP contribution in [0.4, 0.5) is 0 Å². The number of rotatable bonds is 3. The van der Waals surface area contributed by atoms with Gasteiger partial charge in [-0.25, -0.2) is 4.79 Å². The molecule has 0 radical (unpaired) electrons. The normalized spacial score (nSPS) is 21.8. The van der Waals surface area contributed by atoms with Gasteiger partial charge in [0.15, 0.2) is 5.78 Å². The Morgan fingerprint density at radius 1 is 1.38 bits per heavy atom. The minimum atomic E-state index is -0.898. The van der Waals surface area contributed by atoms with E-state index in [2.05, 4.69) is 15.9 Å². The number of esters is 1. The number of hydrogen-bond acceptors (Lipinski definition) is 4. The summed E-state index contributed by atoms with van der Waals surface area (Å²) in [4.78, 5) is 36.5. The van der Waals surface area contributed by atoms with Crippen LogP contribution in [0.1, 0.15) is 42.1 Å². The van der Waals surface area contributed by atoms with Gasteiger partial charge in [0, 0.05) is 10.0 Å². The summed E-state index contributed by atoms with van der Waals surface area (Å²) in [7, 11) is 0. The molecule has 2 aliphatic rings. The van der Waals surface area contributed by atoms with Crippen LogP contribution in [0, 0.1) is 5.92 Å². The van der Waals surface area contributed by atoms with E-state index in [4.69, 9.17) is 4.74 Å². The number of ketones is 2. The summed E-state index contributed by atoms with van der Waals surface area (Å²) in [6.45, 7) is 1.78. The molecule has 0 bridgehead atoms. The van der Waals surface area contributed by atoms with Crippen LogP contribution in [-0.4, -0.2) is 24.1 Å². The predicted octanol–water partition coefficient (Wildman–Crippen LogP) is 2.82. The highest BCUT2D eigenvalue weighted by molar-refractivity contribution is 9.10. The minimum Gasteiger partial charge on any atom is -0.460 e. The highest BCUT2D eigenvalue weighted by atomic mass is 79.9. The summed E-state index contributed by atoms with van der Waals surface area (Å²) in [6.07, 6.45) is 2.35. The molecule has 1 fully saturated rings. The lowest BCUT2D eigenvalue weighted by Crippen LogP contribution is -2.38. The molecule has 110 valence electrons. The maximum absolute atomic E-state index is 12.6. The van der Waals surface area contributed by atoms with Crippen LogP contribution in [0.15, 0.2) is 22.7 Å². The van der Waals surface area contributed by atoms with Gasteiger partial charge < -0.3 is 4.74 Å². The van der Waals surface area contributed by atoms with E-state index in [1.807, 2.05) is 12.1 Å². The monoisotopic (exact) mass is 350 g/mol. The quantitative estimate of drug-likeness (QED) is 0.477. The van der Waals surface area contributed by atoms with Crippen molar-refractivity contribution in [3.05, 3.63) is 33.8 Å². The Morgan fingerprint density at radius 2 is 2.10 bits per heavy atom. The highest BCUT2D eigenvalue weighted by Gasteiger charge is 2.54. The smallest absolute Gasteiger partial charge is 0.375 e. The zero-order valence-corrected chi connectivity index (χ0v) is 13.2. The molecule has 1 saturated carbocycles. The predicted molar refractivity (Wildman–Crippen MR) is 79.1 cm³/mol. The lowest BCUT2D eigenvalue weighted by atomic mass is 9.72. The molecule has 1 unspecified atom stereocenters. The number of ether oxygens (including phenoxy) is 1. The van der Waals surface area contributed by atoms with Crippen LogP contribution >= 0.6 is 15.9 Å². The summed E-state index contributed by atoms with van der Waals surface area (Å²) in [5.41, 5.74) is 1.48. The molecule has 1 atom stereocenters. The first-order valence-electron chi connectivity index (χ1n) is 7.04. The molecular formula is C16H15BrO4. The largest absolute Gasteiger partial charge is 0.460 e. The third-order valence-corrected chi connectivity index (χ3v) is 4.87. The first-order chi connectivity index (χ1) is 9.98. The molecule has 0 aliphatic heterocycles. The molecule has 3 rings (SSSR count). The average molecular weight is 351 g/mol. The molecule has 4 nitrogen and oxygen atoms in total. The first-order valence-corrected chi connectivity index (χ1v) is 7.83. The second kappa shape index (κ2) is 5.05. The summed E-state index contributed by atoms with van der Waals surface area (Å²) in [5.74, 6) is -2.76. The van der Waals surface area contributed by atoms with E-state index < -0.39 is 17.7 Å². The second-order valence-corrected chi connectivity index (χ2v) is 6.59. The Balaban J connectivity index is 1.98. The number of fused-ring (bicyclic) bond motifs is 2. The van der Waals surface area contributed by atoms with Crippen molar-refractivity contribution in [1.82, 2.24) is 0 Å². The summed E-state index contributed by atoms with van der Waals surface area (Å²) in [6, 6.07) is 5.62. The van der Waals surface area contributed by atoms with Crippen LogP contribution in [0.25, 0.3) is 0 Å². The van der Waals surface area contributed by atoms with Gasteiger partial charge in [-0.15, -0.1) is 0 Å². The van der Waals surface area contributed by atoms with E-state index >= 15 is 0 Å². The van der Waals surface area contributed by atoms with Crippen molar-refractivity contribution in [1.29, 1.82) is 0 Å². The molecule has 1 aromatic rings. The number of halogens is 1. The van der Waals surface area contributed by atoms with Gasteiger partial charge in [0.25, 0.3) is 5.78 Å². The van der Waals surface area contributed by atoms with Gasteiger partial charge in [0.2, 0.25) is 0 Å². The van der Waals surface area contributed by atoms with E-state index in [1.165, 1.54) is 0 Å².